The summed E-state index contributed by atoms with van der Waals surface area (Å²) in [6, 6.07) is 24.3. The fraction of sp³-hybridized carbons (Fsp3) is 0.189. The number of ether oxygens (including phenoxy) is 3. The molecule has 0 radical (unpaired) electrons. The van der Waals surface area contributed by atoms with Crippen molar-refractivity contribution in [3.8, 4) is 17.2 Å². The van der Waals surface area contributed by atoms with Crippen molar-refractivity contribution in [3.63, 3.8) is 0 Å². The highest BCUT2D eigenvalue weighted by atomic mass is 16.5. The highest BCUT2D eigenvalue weighted by Gasteiger charge is 2.72. The molecule has 8 heteroatoms. The maximum Gasteiger partial charge on any atom is 0.308 e. The Balaban J connectivity index is 1.53. The molecule has 1 aliphatic carbocycles. The van der Waals surface area contributed by atoms with Crippen LogP contribution >= 0.6 is 0 Å². The lowest BCUT2D eigenvalue weighted by Crippen LogP contribution is -2.48. The zero-order chi connectivity index (χ0) is 31.5. The third-order valence-corrected chi connectivity index (χ3v) is 9.15. The summed E-state index contributed by atoms with van der Waals surface area (Å²) >= 11 is 0. The molecule has 7 rings (SSSR count). The Morgan fingerprint density at radius 2 is 1.44 bits per heavy atom. The molecule has 45 heavy (non-hydrogen) atoms. The largest absolute Gasteiger partial charge is 0.493 e. The average Bonchev–Trinajstić information content (AvgIpc) is 3.50. The second-order valence-corrected chi connectivity index (χ2v) is 11.3. The lowest BCUT2D eigenvalue weighted by Gasteiger charge is -2.37. The van der Waals surface area contributed by atoms with Gasteiger partial charge in [-0.2, -0.15) is 0 Å². The van der Waals surface area contributed by atoms with Crippen LogP contribution < -0.4 is 19.1 Å². The van der Waals surface area contributed by atoms with Crippen molar-refractivity contribution in [1.82, 2.24) is 0 Å². The molecule has 1 spiro atoms. The summed E-state index contributed by atoms with van der Waals surface area (Å²) in [6.07, 6.45) is 3.79. The topological polar surface area (TPSA) is 99.2 Å². The van der Waals surface area contributed by atoms with E-state index in [2.05, 4.69) is 0 Å². The van der Waals surface area contributed by atoms with Gasteiger partial charge in [0.2, 0.25) is 0 Å². The summed E-state index contributed by atoms with van der Waals surface area (Å²) in [4.78, 5) is 58.2. The smallest absolute Gasteiger partial charge is 0.308 e. The Morgan fingerprint density at radius 1 is 0.778 bits per heavy atom. The van der Waals surface area contributed by atoms with E-state index >= 15 is 0 Å². The van der Waals surface area contributed by atoms with Crippen molar-refractivity contribution in [2.45, 2.75) is 24.9 Å². The van der Waals surface area contributed by atoms with Gasteiger partial charge < -0.3 is 19.1 Å². The van der Waals surface area contributed by atoms with Gasteiger partial charge in [0.25, 0.3) is 0 Å². The number of Topliss-reactive ketones (excluding diaryl/α,β-unsaturated/α-hetero) is 3. The first-order chi connectivity index (χ1) is 21.8. The maximum atomic E-state index is 14.9. The third-order valence-electron chi connectivity index (χ3n) is 9.15. The minimum Gasteiger partial charge on any atom is -0.493 e. The van der Waals surface area contributed by atoms with Gasteiger partial charge in [0.1, 0.15) is 17.2 Å². The number of hydrogen-bond acceptors (Lipinski definition) is 8. The molecule has 3 atom stereocenters. The Kier molecular flexibility index (Phi) is 6.66. The molecular formula is C37H29NO7. The van der Waals surface area contributed by atoms with E-state index in [1.54, 1.807) is 66.7 Å². The van der Waals surface area contributed by atoms with Crippen LogP contribution in [0.4, 0.5) is 5.69 Å². The monoisotopic (exact) mass is 599 g/mol. The van der Waals surface area contributed by atoms with E-state index in [1.807, 2.05) is 41.3 Å². The number of fused-ring (bicyclic) bond motifs is 5. The SMILES string of the molecule is COc1cccc([C@H]2[C@H](C(=O)c3ccc(OC(C)=O)cc3)N3c4ccccc4C=C[C@H]3C23C(=O)c2ccccc2C3=O)c1OC. The van der Waals surface area contributed by atoms with Gasteiger partial charge in [0, 0.05) is 40.8 Å². The number of anilines is 1. The van der Waals surface area contributed by atoms with Crippen molar-refractivity contribution in [1.29, 1.82) is 0 Å². The molecule has 0 saturated carbocycles. The molecule has 1 fully saturated rings. The van der Waals surface area contributed by atoms with Crippen molar-refractivity contribution >= 4 is 35.1 Å². The van der Waals surface area contributed by atoms with Crippen LogP contribution in [-0.2, 0) is 4.79 Å². The molecule has 0 N–H and O–H groups in total. The molecule has 2 aliphatic heterocycles. The van der Waals surface area contributed by atoms with E-state index in [0.29, 0.717) is 39.5 Å². The van der Waals surface area contributed by atoms with Gasteiger partial charge in [0.15, 0.2) is 28.8 Å². The number of benzene rings is 4. The first kappa shape index (κ1) is 28.3. The number of para-hydroxylation sites is 2. The van der Waals surface area contributed by atoms with Crippen molar-refractivity contribution in [3.05, 3.63) is 125 Å². The number of carbonyl (C=O) groups excluding carboxylic acids is 4. The van der Waals surface area contributed by atoms with E-state index in [1.165, 1.54) is 21.1 Å². The van der Waals surface area contributed by atoms with Crippen LogP contribution in [0.2, 0.25) is 0 Å². The Labute approximate surface area is 259 Å². The lowest BCUT2D eigenvalue weighted by molar-refractivity contribution is -0.131. The van der Waals surface area contributed by atoms with Crippen LogP contribution in [0.5, 0.6) is 17.2 Å². The molecule has 3 aliphatic rings. The molecule has 0 unspecified atom stereocenters. The first-order valence-corrected chi connectivity index (χ1v) is 14.6. The fourth-order valence-corrected chi connectivity index (χ4v) is 7.44. The quantitative estimate of drug-likeness (QED) is 0.116. The molecule has 8 nitrogen and oxygen atoms in total. The number of ketones is 3. The van der Waals surface area contributed by atoms with Gasteiger partial charge in [-0.05, 0) is 42.0 Å². The molecule has 0 bridgehead atoms. The normalized spacial score (nSPS) is 20.4. The minimum absolute atomic E-state index is 0.300. The number of esters is 1. The van der Waals surface area contributed by atoms with E-state index in [-0.39, 0.29) is 17.3 Å². The molecule has 0 aromatic heterocycles. The van der Waals surface area contributed by atoms with Crippen molar-refractivity contribution < 1.29 is 33.4 Å². The van der Waals surface area contributed by atoms with E-state index in [4.69, 9.17) is 14.2 Å². The van der Waals surface area contributed by atoms with Crippen molar-refractivity contribution in [2.75, 3.05) is 19.1 Å². The van der Waals surface area contributed by atoms with Crippen LogP contribution in [0.15, 0.2) is 97.1 Å². The van der Waals surface area contributed by atoms with Gasteiger partial charge in [-0.3, -0.25) is 19.2 Å². The van der Waals surface area contributed by atoms with Crippen LogP contribution in [0.3, 0.4) is 0 Å². The lowest BCUT2D eigenvalue weighted by atomic mass is 9.64. The van der Waals surface area contributed by atoms with Gasteiger partial charge in [-0.1, -0.05) is 66.7 Å². The second-order valence-electron chi connectivity index (χ2n) is 11.3. The van der Waals surface area contributed by atoms with Crippen LogP contribution in [-0.4, -0.2) is 49.6 Å². The molecule has 0 amide bonds. The summed E-state index contributed by atoms with van der Waals surface area (Å²) in [5.74, 6) is -1.36. The van der Waals surface area contributed by atoms with Gasteiger partial charge in [0.05, 0.1) is 20.3 Å². The predicted octanol–water partition coefficient (Wildman–Crippen LogP) is 5.95. The number of nitrogens with zero attached hydrogens (tertiary/aromatic N) is 1. The van der Waals surface area contributed by atoms with E-state index in [9.17, 15) is 19.2 Å². The zero-order valence-corrected chi connectivity index (χ0v) is 24.9. The Hall–Kier alpha value is -5.50. The standard InChI is InChI=1S/C37H29NO7/c1-21(39)45-24-18-15-23(16-19-24)33(40)32-31(27-12-8-14-29(43-2)34(27)44-3)37(35(41)25-10-5-6-11-26(25)36(37)42)30-20-17-22-9-4-7-13-28(22)38(30)32/h4-20,30-32H,1-3H3/t30-,31-,32+/m0/s1. The van der Waals surface area contributed by atoms with Crippen molar-refractivity contribution in [2.24, 2.45) is 5.41 Å². The number of rotatable bonds is 6. The maximum absolute atomic E-state index is 14.9. The molecule has 2 heterocycles. The second kappa shape index (κ2) is 10.6. The Morgan fingerprint density at radius 3 is 2.09 bits per heavy atom. The molecule has 4 aromatic rings. The summed E-state index contributed by atoms with van der Waals surface area (Å²) < 4.78 is 16.8. The Bertz CT molecular complexity index is 1890. The van der Waals surface area contributed by atoms with Gasteiger partial charge >= 0.3 is 5.97 Å². The number of hydrogen-bond donors (Lipinski definition) is 0. The minimum atomic E-state index is -1.69. The van der Waals surface area contributed by atoms with Crippen LogP contribution in [0, 0.1) is 5.41 Å². The summed E-state index contributed by atoms with van der Waals surface area (Å²) in [6.45, 7) is 1.30. The molecular weight excluding hydrogens is 570 g/mol. The molecule has 4 aromatic carbocycles. The number of methoxy groups -OCH3 is 2. The van der Waals surface area contributed by atoms with Crippen LogP contribution in [0.25, 0.3) is 6.08 Å². The fourth-order valence-electron chi connectivity index (χ4n) is 7.44. The molecule has 224 valence electrons. The van der Waals surface area contributed by atoms with Gasteiger partial charge in [-0.15, -0.1) is 0 Å². The highest BCUT2D eigenvalue weighted by molar-refractivity contribution is 6.32. The summed E-state index contributed by atoms with van der Waals surface area (Å²) in [7, 11) is 3.02. The van der Waals surface area contributed by atoms with Crippen LogP contribution in [0.1, 0.15) is 55.0 Å². The zero-order valence-electron chi connectivity index (χ0n) is 24.9. The summed E-state index contributed by atoms with van der Waals surface area (Å²) in [5, 5.41) is 0. The van der Waals surface area contributed by atoms with Gasteiger partial charge in [-0.25, -0.2) is 0 Å². The third kappa shape index (κ3) is 3.98. The van der Waals surface area contributed by atoms with E-state index < -0.39 is 29.4 Å². The number of carbonyl (C=O) groups is 4. The van der Waals surface area contributed by atoms with E-state index in [0.717, 1.165) is 11.3 Å². The highest BCUT2D eigenvalue weighted by Crippen LogP contribution is 2.62. The molecule has 1 saturated heterocycles. The summed E-state index contributed by atoms with van der Waals surface area (Å²) in [5.41, 5.74) is 1.43. The average molecular weight is 600 g/mol. The first-order valence-electron chi connectivity index (χ1n) is 14.6. The predicted molar refractivity (Wildman–Crippen MR) is 167 cm³/mol.